The van der Waals surface area contributed by atoms with Crippen LogP contribution in [0.1, 0.15) is 19.0 Å². The van der Waals surface area contributed by atoms with Gasteiger partial charge in [0, 0.05) is 12.6 Å². The molecule has 0 saturated carbocycles. The zero-order valence-corrected chi connectivity index (χ0v) is 12.2. The quantitative estimate of drug-likeness (QED) is 0.802. The number of aryl methyl sites for hydroxylation is 2. The van der Waals surface area contributed by atoms with E-state index in [-0.39, 0.29) is 5.82 Å². The Morgan fingerprint density at radius 2 is 2.20 bits per heavy atom. The number of benzene rings is 1. The topological polar surface area (TPSA) is 56.7 Å². The minimum absolute atomic E-state index is 0.279. The highest BCUT2D eigenvalue weighted by Gasteiger charge is 2.18. The number of fused-ring (bicyclic) bond motifs is 1. The molecule has 0 radical (unpaired) electrons. The van der Waals surface area contributed by atoms with Gasteiger partial charge in [0.25, 0.3) is 0 Å². The standard InChI is InChI=1S/C14H15FN4S/c1-3-6-19-11-5-4-9(15)7-10(11)17-14(19)12-8(2)18-20-13(12)16/h4-5,7H,3,6,16H2,1-2H3. The van der Waals surface area contributed by atoms with Crippen LogP contribution in [0.25, 0.3) is 22.4 Å². The summed E-state index contributed by atoms with van der Waals surface area (Å²) in [6, 6.07) is 4.68. The van der Waals surface area contributed by atoms with Crippen molar-refractivity contribution in [3.8, 4) is 11.4 Å². The number of nitrogens with zero attached hydrogens (tertiary/aromatic N) is 3. The van der Waals surface area contributed by atoms with Crippen molar-refractivity contribution in [2.75, 3.05) is 5.73 Å². The van der Waals surface area contributed by atoms with Crippen LogP contribution < -0.4 is 5.73 Å². The lowest BCUT2D eigenvalue weighted by molar-refractivity contribution is 0.629. The normalized spacial score (nSPS) is 11.3. The fourth-order valence-electron chi connectivity index (χ4n) is 2.40. The summed E-state index contributed by atoms with van der Waals surface area (Å²) in [7, 11) is 0. The Morgan fingerprint density at radius 3 is 2.85 bits per heavy atom. The Morgan fingerprint density at radius 1 is 1.40 bits per heavy atom. The van der Waals surface area contributed by atoms with Crippen molar-refractivity contribution in [3.05, 3.63) is 29.7 Å². The molecule has 2 heterocycles. The highest BCUT2D eigenvalue weighted by Crippen LogP contribution is 2.34. The van der Waals surface area contributed by atoms with Crippen molar-refractivity contribution >= 4 is 27.6 Å². The van der Waals surface area contributed by atoms with Crippen molar-refractivity contribution in [2.24, 2.45) is 0 Å². The van der Waals surface area contributed by atoms with E-state index in [9.17, 15) is 4.39 Å². The number of hydrogen-bond acceptors (Lipinski definition) is 4. The molecule has 6 heteroatoms. The maximum Gasteiger partial charge on any atom is 0.146 e. The van der Waals surface area contributed by atoms with Crippen molar-refractivity contribution in [1.82, 2.24) is 13.9 Å². The van der Waals surface area contributed by atoms with Crippen LogP contribution in [0.2, 0.25) is 0 Å². The molecule has 1 aromatic carbocycles. The molecule has 0 bridgehead atoms. The second kappa shape index (κ2) is 4.86. The minimum Gasteiger partial charge on any atom is -0.389 e. The van der Waals surface area contributed by atoms with Gasteiger partial charge in [0.2, 0.25) is 0 Å². The maximum absolute atomic E-state index is 13.4. The number of nitrogens with two attached hydrogens (primary N) is 1. The lowest BCUT2D eigenvalue weighted by Gasteiger charge is -2.07. The van der Waals surface area contributed by atoms with Gasteiger partial charge in [-0.25, -0.2) is 9.37 Å². The van der Waals surface area contributed by atoms with Crippen molar-refractivity contribution < 1.29 is 4.39 Å². The summed E-state index contributed by atoms with van der Waals surface area (Å²) in [6.45, 7) is 4.83. The molecule has 104 valence electrons. The molecule has 0 atom stereocenters. The molecule has 3 rings (SSSR count). The monoisotopic (exact) mass is 290 g/mol. The summed E-state index contributed by atoms with van der Waals surface area (Å²) < 4.78 is 19.7. The van der Waals surface area contributed by atoms with Gasteiger partial charge >= 0.3 is 0 Å². The molecule has 0 fully saturated rings. The Balaban J connectivity index is 2.32. The molecule has 0 spiro atoms. The van der Waals surface area contributed by atoms with E-state index in [0.717, 1.165) is 35.6 Å². The first kappa shape index (κ1) is 13.1. The van der Waals surface area contributed by atoms with Crippen LogP contribution in [0.4, 0.5) is 9.39 Å². The summed E-state index contributed by atoms with van der Waals surface area (Å²) in [5.74, 6) is 0.495. The third-order valence-electron chi connectivity index (χ3n) is 3.27. The molecular weight excluding hydrogens is 275 g/mol. The molecule has 0 amide bonds. The fraction of sp³-hybridized carbons (Fsp3) is 0.286. The SMILES string of the molecule is CCCn1c(-c2c(C)nsc2N)nc2cc(F)ccc21. The molecule has 4 nitrogen and oxygen atoms in total. The van der Waals surface area contributed by atoms with Gasteiger partial charge in [0.05, 0.1) is 22.3 Å². The van der Waals surface area contributed by atoms with E-state index < -0.39 is 0 Å². The Bertz CT molecular complexity index is 755. The summed E-state index contributed by atoms with van der Waals surface area (Å²) in [6.07, 6.45) is 0.965. The largest absolute Gasteiger partial charge is 0.389 e. The predicted molar refractivity (Wildman–Crippen MR) is 80.2 cm³/mol. The molecule has 2 N–H and O–H groups in total. The molecular formula is C14H15FN4S. The first-order valence-corrected chi connectivity index (χ1v) is 7.27. The first-order valence-electron chi connectivity index (χ1n) is 6.49. The maximum atomic E-state index is 13.4. The Hall–Kier alpha value is -1.95. The molecule has 0 aliphatic carbocycles. The lowest BCUT2D eigenvalue weighted by atomic mass is 10.2. The zero-order chi connectivity index (χ0) is 14.3. The number of rotatable bonds is 3. The number of anilines is 1. The van der Waals surface area contributed by atoms with Gasteiger partial charge in [0.15, 0.2) is 0 Å². The van der Waals surface area contributed by atoms with E-state index in [0.29, 0.717) is 10.5 Å². The minimum atomic E-state index is -0.279. The summed E-state index contributed by atoms with van der Waals surface area (Å²) in [5, 5.41) is 0.649. The highest BCUT2D eigenvalue weighted by molar-refractivity contribution is 7.10. The van der Waals surface area contributed by atoms with Crippen molar-refractivity contribution in [3.63, 3.8) is 0 Å². The number of imidazole rings is 1. The van der Waals surface area contributed by atoms with Gasteiger partial charge < -0.3 is 10.3 Å². The Labute approximate surface area is 120 Å². The summed E-state index contributed by atoms with van der Waals surface area (Å²) in [5.41, 5.74) is 9.32. The number of aromatic nitrogens is 3. The zero-order valence-electron chi connectivity index (χ0n) is 11.4. The van der Waals surface area contributed by atoms with E-state index in [1.54, 1.807) is 6.07 Å². The van der Waals surface area contributed by atoms with Crippen molar-refractivity contribution in [2.45, 2.75) is 26.8 Å². The fourth-order valence-corrected chi connectivity index (χ4v) is 3.06. The number of hydrogen-bond donors (Lipinski definition) is 1. The second-order valence-corrected chi connectivity index (χ2v) is 5.53. The molecule has 0 unspecified atom stereocenters. The first-order chi connectivity index (χ1) is 9.61. The van der Waals surface area contributed by atoms with Gasteiger partial charge in [-0.15, -0.1) is 0 Å². The third-order valence-corrected chi connectivity index (χ3v) is 4.04. The predicted octanol–water partition coefficient (Wildman–Crippen LogP) is 3.60. The van der Waals surface area contributed by atoms with Gasteiger partial charge in [-0.2, -0.15) is 4.37 Å². The van der Waals surface area contributed by atoms with Crippen LogP contribution in [0.15, 0.2) is 18.2 Å². The van der Waals surface area contributed by atoms with Crippen LogP contribution in [-0.4, -0.2) is 13.9 Å². The van der Waals surface area contributed by atoms with Crippen LogP contribution in [0.5, 0.6) is 0 Å². The van der Waals surface area contributed by atoms with Gasteiger partial charge in [-0.3, -0.25) is 0 Å². The van der Waals surface area contributed by atoms with Gasteiger partial charge in [-0.05, 0) is 37.0 Å². The average molecular weight is 290 g/mol. The number of nitrogen functional groups attached to an aromatic ring is 1. The molecule has 0 saturated heterocycles. The lowest BCUT2D eigenvalue weighted by Crippen LogP contribution is -2.01. The van der Waals surface area contributed by atoms with Gasteiger partial charge in [0.1, 0.15) is 16.6 Å². The highest BCUT2D eigenvalue weighted by atomic mass is 32.1. The van der Waals surface area contributed by atoms with Crippen LogP contribution in [-0.2, 0) is 6.54 Å². The van der Waals surface area contributed by atoms with E-state index in [2.05, 4.69) is 20.8 Å². The molecule has 20 heavy (non-hydrogen) atoms. The smallest absolute Gasteiger partial charge is 0.146 e. The van der Waals surface area contributed by atoms with Crippen molar-refractivity contribution in [1.29, 1.82) is 0 Å². The summed E-state index contributed by atoms with van der Waals surface area (Å²) in [4.78, 5) is 4.57. The number of halogens is 1. The van der Waals surface area contributed by atoms with Crippen LogP contribution in [0, 0.1) is 12.7 Å². The second-order valence-electron chi connectivity index (χ2n) is 4.73. The van der Waals surface area contributed by atoms with E-state index in [1.165, 1.54) is 23.7 Å². The molecule has 0 aliphatic rings. The molecule has 2 aromatic heterocycles. The van der Waals surface area contributed by atoms with E-state index >= 15 is 0 Å². The van der Waals surface area contributed by atoms with Gasteiger partial charge in [-0.1, -0.05) is 6.92 Å². The van der Waals surface area contributed by atoms with E-state index in [1.807, 2.05) is 6.92 Å². The third kappa shape index (κ3) is 1.96. The average Bonchev–Trinajstić information content (AvgIpc) is 2.91. The van der Waals surface area contributed by atoms with Crippen LogP contribution in [0.3, 0.4) is 0 Å². The molecule has 3 aromatic rings. The Kier molecular flexibility index (Phi) is 3.17. The summed E-state index contributed by atoms with van der Waals surface area (Å²) >= 11 is 1.27. The molecule has 0 aliphatic heterocycles. The van der Waals surface area contributed by atoms with E-state index in [4.69, 9.17) is 5.73 Å². The van der Waals surface area contributed by atoms with Crippen LogP contribution >= 0.6 is 11.5 Å².